The fourth-order valence-corrected chi connectivity index (χ4v) is 4.12. The third kappa shape index (κ3) is 3.58. The summed E-state index contributed by atoms with van der Waals surface area (Å²) in [6.07, 6.45) is 1.29. The lowest BCUT2D eigenvalue weighted by Crippen LogP contribution is -2.15. The van der Waals surface area contributed by atoms with E-state index in [2.05, 4.69) is 14.9 Å². The van der Waals surface area contributed by atoms with Crippen molar-refractivity contribution in [3.63, 3.8) is 0 Å². The van der Waals surface area contributed by atoms with Gasteiger partial charge in [0.25, 0.3) is 10.0 Å². The van der Waals surface area contributed by atoms with E-state index in [-0.39, 0.29) is 16.6 Å². The maximum atomic E-state index is 12.5. The summed E-state index contributed by atoms with van der Waals surface area (Å²) >= 11 is 1.22. The Morgan fingerprint density at radius 1 is 1.24 bits per heavy atom. The van der Waals surface area contributed by atoms with Crippen LogP contribution >= 0.6 is 11.3 Å². The molecule has 0 aliphatic carbocycles. The molecule has 1 heterocycles. The van der Waals surface area contributed by atoms with Crippen molar-refractivity contribution in [2.24, 2.45) is 0 Å². The average Bonchev–Trinajstić information content (AvgIpc) is 2.93. The Morgan fingerprint density at radius 3 is 2.57 bits per heavy atom. The highest BCUT2D eigenvalue weighted by Gasteiger charge is 2.20. The van der Waals surface area contributed by atoms with E-state index in [4.69, 9.17) is 0 Å². The molecule has 0 radical (unpaired) electrons. The summed E-state index contributed by atoms with van der Waals surface area (Å²) < 4.78 is 27.4. The Hall–Kier alpha value is -1.51. The van der Waals surface area contributed by atoms with Crippen molar-refractivity contribution in [3.8, 4) is 0 Å². The van der Waals surface area contributed by atoms with Crippen LogP contribution in [0.5, 0.6) is 0 Å². The van der Waals surface area contributed by atoms with Crippen molar-refractivity contribution in [2.75, 3.05) is 4.72 Å². The second-order valence-corrected chi connectivity index (χ2v) is 7.13. The molecule has 8 heteroatoms. The van der Waals surface area contributed by atoms with Gasteiger partial charge in [-0.3, -0.25) is 4.72 Å². The number of sulfonamides is 1. The monoisotopic (exact) mass is 327 g/mol. The molecule has 0 aliphatic rings. The molecule has 1 aromatic heterocycles. The molecule has 0 saturated carbocycles. The van der Waals surface area contributed by atoms with Crippen LogP contribution in [0, 0.1) is 0 Å². The van der Waals surface area contributed by atoms with Gasteiger partial charge in [-0.25, -0.2) is 8.42 Å². The number of hydrogen-bond acceptors (Lipinski definition) is 6. The first-order valence-electron chi connectivity index (χ1n) is 6.58. The standard InChI is InChI=1S/C13H17N3O3S2/c1-3-10-6-5-9(8-17)7-11(10)21(18,19)16-13-15-14-12(4-2)20-13/h5-7,17H,3-4,8H2,1-2H3,(H,15,16). The highest BCUT2D eigenvalue weighted by atomic mass is 32.2. The fraction of sp³-hybridized carbons (Fsp3) is 0.385. The number of hydrogen-bond donors (Lipinski definition) is 2. The molecule has 6 nitrogen and oxygen atoms in total. The normalized spacial score (nSPS) is 11.6. The second kappa shape index (κ2) is 6.50. The van der Waals surface area contributed by atoms with Crippen molar-refractivity contribution >= 4 is 26.5 Å². The van der Waals surface area contributed by atoms with E-state index in [1.807, 2.05) is 13.8 Å². The summed E-state index contributed by atoms with van der Waals surface area (Å²) in [5.41, 5.74) is 1.25. The van der Waals surface area contributed by atoms with Gasteiger partial charge in [0.2, 0.25) is 5.13 Å². The molecule has 2 N–H and O–H groups in total. The molecule has 2 aromatic rings. The first kappa shape index (κ1) is 15.9. The highest BCUT2D eigenvalue weighted by Crippen LogP contribution is 2.24. The fourth-order valence-electron chi connectivity index (χ4n) is 1.85. The number of nitrogens with zero attached hydrogens (tertiary/aromatic N) is 2. The van der Waals surface area contributed by atoms with Crippen LogP contribution in [0.15, 0.2) is 23.1 Å². The molecular formula is C13H17N3O3S2. The minimum Gasteiger partial charge on any atom is -0.392 e. The van der Waals surface area contributed by atoms with Crippen LogP contribution in [-0.2, 0) is 29.5 Å². The Kier molecular flexibility index (Phi) is 4.92. The van der Waals surface area contributed by atoms with Crippen LogP contribution in [-0.4, -0.2) is 23.7 Å². The highest BCUT2D eigenvalue weighted by molar-refractivity contribution is 7.93. The molecule has 0 amide bonds. The number of aryl methyl sites for hydroxylation is 2. The molecule has 0 bridgehead atoms. The molecule has 0 aliphatic heterocycles. The summed E-state index contributed by atoms with van der Waals surface area (Å²) in [5.74, 6) is 0. The number of benzene rings is 1. The van der Waals surface area contributed by atoms with E-state index >= 15 is 0 Å². The zero-order valence-electron chi connectivity index (χ0n) is 11.8. The van der Waals surface area contributed by atoms with Gasteiger partial charge in [0.15, 0.2) is 0 Å². The Morgan fingerprint density at radius 2 is 2.00 bits per heavy atom. The number of rotatable bonds is 6. The van der Waals surface area contributed by atoms with E-state index in [9.17, 15) is 13.5 Å². The zero-order chi connectivity index (χ0) is 15.5. The van der Waals surface area contributed by atoms with E-state index < -0.39 is 10.0 Å². The van der Waals surface area contributed by atoms with Gasteiger partial charge in [-0.2, -0.15) is 0 Å². The van der Waals surface area contributed by atoms with Gasteiger partial charge in [0.05, 0.1) is 11.5 Å². The molecular weight excluding hydrogens is 310 g/mol. The van der Waals surface area contributed by atoms with Crippen molar-refractivity contribution in [3.05, 3.63) is 34.3 Å². The van der Waals surface area contributed by atoms with Crippen LogP contribution in [0.2, 0.25) is 0 Å². The number of aliphatic hydroxyl groups is 1. The van der Waals surface area contributed by atoms with E-state index in [1.54, 1.807) is 12.1 Å². The van der Waals surface area contributed by atoms with Gasteiger partial charge in [0.1, 0.15) is 5.01 Å². The lowest BCUT2D eigenvalue weighted by molar-refractivity contribution is 0.281. The molecule has 0 atom stereocenters. The van der Waals surface area contributed by atoms with Crippen molar-refractivity contribution < 1.29 is 13.5 Å². The minimum absolute atomic E-state index is 0.171. The summed E-state index contributed by atoms with van der Waals surface area (Å²) in [7, 11) is -3.74. The molecule has 0 spiro atoms. The Bertz CT molecular complexity index is 726. The maximum Gasteiger partial charge on any atom is 0.263 e. The molecule has 2 rings (SSSR count). The Labute approximate surface area is 127 Å². The molecule has 0 unspecified atom stereocenters. The number of nitrogens with one attached hydrogen (secondary N) is 1. The molecule has 0 saturated heterocycles. The zero-order valence-corrected chi connectivity index (χ0v) is 13.5. The van der Waals surface area contributed by atoms with Crippen LogP contribution in [0.25, 0.3) is 0 Å². The second-order valence-electron chi connectivity index (χ2n) is 4.41. The van der Waals surface area contributed by atoms with Gasteiger partial charge in [-0.05, 0) is 30.0 Å². The molecule has 0 fully saturated rings. The van der Waals surface area contributed by atoms with Crippen LogP contribution in [0.4, 0.5) is 5.13 Å². The van der Waals surface area contributed by atoms with Crippen LogP contribution < -0.4 is 4.72 Å². The maximum absolute atomic E-state index is 12.5. The molecule has 21 heavy (non-hydrogen) atoms. The van der Waals surface area contributed by atoms with Crippen molar-refractivity contribution in [1.82, 2.24) is 10.2 Å². The van der Waals surface area contributed by atoms with Crippen LogP contribution in [0.3, 0.4) is 0 Å². The summed E-state index contributed by atoms with van der Waals surface area (Å²) in [5, 5.41) is 17.9. The van der Waals surface area contributed by atoms with Gasteiger partial charge in [0, 0.05) is 0 Å². The first-order chi connectivity index (χ1) is 10.00. The first-order valence-corrected chi connectivity index (χ1v) is 8.88. The van der Waals surface area contributed by atoms with E-state index in [0.717, 1.165) is 5.01 Å². The summed E-state index contributed by atoms with van der Waals surface area (Å²) in [6.45, 7) is 3.61. The third-order valence-electron chi connectivity index (χ3n) is 2.98. The number of anilines is 1. The summed E-state index contributed by atoms with van der Waals surface area (Å²) in [6, 6.07) is 4.93. The SMILES string of the molecule is CCc1nnc(NS(=O)(=O)c2cc(CO)ccc2CC)s1. The lowest BCUT2D eigenvalue weighted by Gasteiger charge is -2.10. The predicted octanol–water partition coefficient (Wildman–Crippen LogP) is 1.96. The Balaban J connectivity index is 2.38. The third-order valence-corrected chi connectivity index (χ3v) is 5.51. The van der Waals surface area contributed by atoms with Gasteiger partial charge >= 0.3 is 0 Å². The predicted molar refractivity (Wildman–Crippen MR) is 81.8 cm³/mol. The number of aromatic nitrogens is 2. The van der Waals surface area contributed by atoms with E-state index in [0.29, 0.717) is 24.0 Å². The van der Waals surface area contributed by atoms with Crippen LogP contribution in [0.1, 0.15) is 30.0 Å². The van der Waals surface area contributed by atoms with Crippen molar-refractivity contribution in [2.45, 2.75) is 38.2 Å². The summed E-state index contributed by atoms with van der Waals surface area (Å²) in [4.78, 5) is 0.171. The average molecular weight is 327 g/mol. The topological polar surface area (TPSA) is 92.2 Å². The number of aliphatic hydroxyl groups excluding tert-OH is 1. The van der Waals surface area contributed by atoms with Crippen molar-refractivity contribution in [1.29, 1.82) is 0 Å². The minimum atomic E-state index is -3.74. The smallest absolute Gasteiger partial charge is 0.263 e. The van der Waals surface area contributed by atoms with Gasteiger partial charge in [-0.15, -0.1) is 10.2 Å². The molecule has 1 aromatic carbocycles. The van der Waals surface area contributed by atoms with E-state index in [1.165, 1.54) is 17.4 Å². The molecule has 114 valence electrons. The largest absolute Gasteiger partial charge is 0.392 e. The lowest BCUT2D eigenvalue weighted by atomic mass is 10.1. The van der Waals surface area contributed by atoms with Gasteiger partial charge in [-0.1, -0.05) is 37.3 Å². The van der Waals surface area contributed by atoms with Gasteiger partial charge < -0.3 is 5.11 Å². The quantitative estimate of drug-likeness (QED) is 0.846.